The zero-order valence-corrected chi connectivity index (χ0v) is 10.7. The number of hydrazine groups is 1. The molecular weight excluding hydrogens is 269 g/mol. The lowest BCUT2D eigenvalue weighted by molar-refractivity contribution is -0.137. The van der Waals surface area contributed by atoms with E-state index in [1.54, 1.807) is 6.07 Å². The quantitative estimate of drug-likeness (QED) is 0.671. The molecule has 0 aliphatic carbocycles. The maximum absolute atomic E-state index is 13.0. The molecule has 3 N–H and O–H groups in total. The maximum atomic E-state index is 13.0. The normalized spacial score (nSPS) is 11.4. The molecule has 0 saturated carbocycles. The molecule has 4 nitrogen and oxygen atoms in total. The van der Waals surface area contributed by atoms with E-state index in [0.717, 1.165) is 6.07 Å². The van der Waals surface area contributed by atoms with E-state index in [1.807, 2.05) is 6.92 Å². The fourth-order valence-electron chi connectivity index (χ4n) is 1.80. The fourth-order valence-corrected chi connectivity index (χ4v) is 1.80. The zero-order chi connectivity index (χ0) is 14.8. The van der Waals surface area contributed by atoms with Crippen molar-refractivity contribution in [1.29, 1.82) is 0 Å². The molecule has 2 aromatic rings. The van der Waals surface area contributed by atoms with Crippen LogP contribution >= 0.6 is 0 Å². The minimum atomic E-state index is -4.46. The molecule has 0 amide bonds. The van der Waals surface area contributed by atoms with Gasteiger partial charge in [0.2, 0.25) is 0 Å². The van der Waals surface area contributed by atoms with Gasteiger partial charge in [-0.15, -0.1) is 0 Å². The van der Waals surface area contributed by atoms with Crippen molar-refractivity contribution in [3.8, 4) is 11.4 Å². The van der Waals surface area contributed by atoms with Crippen molar-refractivity contribution in [2.45, 2.75) is 19.5 Å². The Hall–Kier alpha value is -2.15. The fraction of sp³-hybridized carbons (Fsp3) is 0.231. The van der Waals surface area contributed by atoms with E-state index in [0.29, 0.717) is 12.1 Å². The first-order valence-corrected chi connectivity index (χ1v) is 5.97. The lowest BCUT2D eigenvalue weighted by Gasteiger charge is -2.13. The van der Waals surface area contributed by atoms with Crippen LogP contribution < -0.4 is 11.3 Å². The van der Waals surface area contributed by atoms with Crippen LogP contribution in [0.1, 0.15) is 18.2 Å². The number of halogens is 3. The molecular formula is C13H13F3N4. The van der Waals surface area contributed by atoms with Crippen LogP contribution in [-0.2, 0) is 12.6 Å². The molecule has 0 fully saturated rings. The molecule has 0 radical (unpaired) electrons. The van der Waals surface area contributed by atoms with E-state index in [1.165, 1.54) is 18.2 Å². The number of alkyl halides is 3. The number of hydrogen-bond acceptors (Lipinski definition) is 4. The van der Waals surface area contributed by atoms with Crippen molar-refractivity contribution in [2.24, 2.45) is 5.84 Å². The monoisotopic (exact) mass is 282 g/mol. The molecule has 0 unspecified atom stereocenters. The van der Waals surface area contributed by atoms with Crippen LogP contribution in [0.3, 0.4) is 0 Å². The van der Waals surface area contributed by atoms with E-state index >= 15 is 0 Å². The van der Waals surface area contributed by atoms with Gasteiger partial charge < -0.3 is 5.43 Å². The van der Waals surface area contributed by atoms with Crippen LogP contribution in [0.5, 0.6) is 0 Å². The second-order valence-electron chi connectivity index (χ2n) is 4.11. The van der Waals surface area contributed by atoms with Gasteiger partial charge in [0.05, 0.1) is 5.56 Å². The van der Waals surface area contributed by atoms with Crippen LogP contribution in [-0.4, -0.2) is 9.97 Å². The summed E-state index contributed by atoms with van der Waals surface area (Å²) in [5.74, 6) is 5.57. The van der Waals surface area contributed by atoms with Gasteiger partial charge in [0.15, 0.2) is 5.82 Å². The molecule has 0 aliphatic heterocycles. The van der Waals surface area contributed by atoms with Gasteiger partial charge in [-0.05, 0) is 12.5 Å². The SMILES string of the molecule is CCc1cc(NN)nc(-c2ccccc2C(F)(F)F)n1. The number of nitrogens with two attached hydrogens (primary N) is 1. The van der Waals surface area contributed by atoms with E-state index in [9.17, 15) is 13.2 Å². The molecule has 1 heterocycles. The van der Waals surface area contributed by atoms with Gasteiger partial charge in [-0.2, -0.15) is 13.2 Å². The van der Waals surface area contributed by atoms with Gasteiger partial charge in [0.25, 0.3) is 0 Å². The van der Waals surface area contributed by atoms with Gasteiger partial charge in [-0.3, -0.25) is 0 Å². The highest BCUT2D eigenvalue weighted by molar-refractivity contribution is 5.62. The predicted octanol–water partition coefficient (Wildman–Crippen LogP) is 3.01. The summed E-state index contributed by atoms with van der Waals surface area (Å²) in [5, 5.41) is 0. The average Bonchev–Trinajstić information content (AvgIpc) is 2.45. The summed E-state index contributed by atoms with van der Waals surface area (Å²) >= 11 is 0. The first-order valence-electron chi connectivity index (χ1n) is 5.97. The summed E-state index contributed by atoms with van der Waals surface area (Å²) in [6.45, 7) is 1.85. The van der Waals surface area contributed by atoms with Crippen molar-refractivity contribution in [3.05, 3.63) is 41.6 Å². The van der Waals surface area contributed by atoms with E-state index < -0.39 is 11.7 Å². The Kier molecular flexibility index (Phi) is 3.89. The Morgan fingerprint density at radius 3 is 2.50 bits per heavy atom. The second-order valence-corrected chi connectivity index (χ2v) is 4.11. The van der Waals surface area contributed by atoms with Crippen molar-refractivity contribution in [3.63, 3.8) is 0 Å². The topological polar surface area (TPSA) is 63.8 Å². The first-order chi connectivity index (χ1) is 9.45. The Balaban J connectivity index is 2.62. The number of rotatable bonds is 3. The van der Waals surface area contributed by atoms with Gasteiger partial charge in [0.1, 0.15) is 5.82 Å². The number of anilines is 1. The standard InChI is InChI=1S/C13H13F3N4/c1-2-8-7-11(20-17)19-12(18-8)9-5-3-4-6-10(9)13(14,15)16/h3-7H,2,17H2,1H3,(H,18,19,20). The van der Waals surface area contributed by atoms with Crippen LogP contribution in [0.4, 0.5) is 19.0 Å². The number of benzene rings is 1. The summed E-state index contributed by atoms with van der Waals surface area (Å²) in [7, 11) is 0. The summed E-state index contributed by atoms with van der Waals surface area (Å²) in [6, 6.07) is 6.80. The molecule has 20 heavy (non-hydrogen) atoms. The smallest absolute Gasteiger partial charge is 0.308 e. The predicted molar refractivity (Wildman–Crippen MR) is 69.7 cm³/mol. The molecule has 0 aliphatic rings. The van der Waals surface area contributed by atoms with Crippen LogP contribution in [0.15, 0.2) is 30.3 Å². The minimum Gasteiger partial charge on any atom is -0.308 e. The third kappa shape index (κ3) is 2.88. The number of nitrogens with one attached hydrogen (secondary N) is 1. The molecule has 106 valence electrons. The maximum Gasteiger partial charge on any atom is 0.417 e. The van der Waals surface area contributed by atoms with Crippen molar-refractivity contribution < 1.29 is 13.2 Å². The third-order valence-corrected chi connectivity index (χ3v) is 2.76. The van der Waals surface area contributed by atoms with E-state index in [2.05, 4.69) is 15.4 Å². The zero-order valence-electron chi connectivity index (χ0n) is 10.7. The molecule has 1 aromatic carbocycles. The summed E-state index contributed by atoms with van der Waals surface area (Å²) in [6.07, 6.45) is -3.89. The van der Waals surface area contributed by atoms with Gasteiger partial charge in [-0.25, -0.2) is 15.8 Å². The molecule has 2 rings (SSSR count). The largest absolute Gasteiger partial charge is 0.417 e. The van der Waals surface area contributed by atoms with E-state index in [4.69, 9.17) is 5.84 Å². The molecule has 1 aromatic heterocycles. The molecule has 0 atom stereocenters. The molecule has 0 saturated heterocycles. The van der Waals surface area contributed by atoms with Gasteiger partial charge in [0, 0.05) is 17.3 Å². The Labute approximate surface area is 113 Å². The van der Waals surface area contributed by atoms with Gasteiger partial charge >= 0.3 is 6.18 Å². The van der Waals surface area contributed by atoms with Crippen molar-refractivity contribution in [1.82, 2.24) is 9.97 Å². The Bertz CT molecular complexity index is 589. The second kappa shape index (κ2) is 5.46. The average molecular weight is 282 g/mol. The van der Waals surface area contributed by atoms with Crippen LogP contribution in [0.25, 0.3) is 11.4 Å². The summed E-state index contributed by atoms with van der Waals surface area (Å²) in [4.78, 5) is 8.13. The number of nitrogens with zero attached hydrogens (tertiary/aromatic N) is 2. The molecule has 7 heteroatoms. The molecule has 0 bridgehead atoms. The van der Waals surface area contributed by atoms with Crippen molar-refractivity contribution >= 4 is 5.82 Å². The van der Waals surface area contributed by atoms with Crippen LogP contribution in [0, 0.1) is 0 Å². The Morgan fingerprint density at radius 2 is 1.90 bits per heavy atom. The third-order valence-electron chi connectivity index (χ3n) is 2.76. The summed E-state index contributed by atoms with van der Waals surface area (Å²) < 4.78 is 39.0. The number of hydrogen-bond donors (Lipinski definition) is 2. The van der Waals surface area contributed by atoms with Crippen LogP contribution in [0.2, 0.25) is 0 Å². The number of aryl methyl sites for hydroxylation is 1. The van der Waals surface area contributed by atoms with Gasteiger partial charge in [-0.1, -0.05) is 25.1 Å². The number of nitrogen functional groups attached to an aromatic ring is 1. The highest BCUT2D eigenvalue weighted by Crippen LogP contribution is 2.36. The Morgan fingerprint density at radius 1 is 1.20 bits per heavy atom. The summed E-state index contributed by atoms with van der Waals surface area (Å²) in [5.41, 5.74) is 2.12. The minimum absolute atomic E-state index is 0.00484. The van der Waals surface area contributed by atoms with E-state index in [-0.39, 0.29) is 17.2 Å². The first kappa shape index (κ1) is 14.3. The number of aromatic nitrogens is 2. The van der Waals surface area contributed by atoms with Crippen molar-refractivity contribution in [2.75, 3.05) is 5.43 Å². The highest BCUT2D eigenvalue weighted by atomic mass is 19.4. The molecule has 0 spiro atoms. The lowest BCUT2D eigenvalue weighted by atomic mass is 10.1. The lowest BCUT2D eigenvalue weighted by Crippen LogP contribution is -2.12. The highest BCUT2D eigenvalue weighted by Gasteiger charge is 2.34.